The van der Waals surface area contributed by atoms with E-state index in [0.29, 0.717) is 30.9 Å². The SMILES string of the molecule is CCCOC(=O)c1ccc(NC(=O)c2cccc(S(=O)(=O)N3CCCCC3)c2)cc1. The zero-order chi connectivity index (χ0) is 21.6. The maximum Gasteiger partial charge on any atom is 0.338 e. The van der Waals surface area contributed by atoms with E-state index in [0.717, 1.165) is 25.7 Å². The first-order chi connectivity index (χ1) is 14.4. The van der Waals surface area contributed by atoms with Gasteiger partial charge in [-0.25, -0.2) is 13.2 Å². The smallest absolute Gasteiger partial charge is 0.338 e. The van der Waals surface area contributed by atoms with Crippen molar-refractivity contribution in [1.29, 1.82) is 0 Å². The number of carbonyl (C=O) groups is 2. The molecule has 8 heteroatoms. The van der Waals surface area contributed by atoms with E-state index in [-0.39, 0.29) is 10.5 Å². The number of nitrogens with one attached hydrogen (secondary N) is 1. The second-order valence-electron chi connectivity index (χ2n) is 7.16. The first kappa shape index (κ1) is 22.0. The molecule has 1 aliphatic heterocycles. The van der Waals surface area contributed by atoms with Crippen LogP contribution in [0.25, 0.3) is 0 Å². The molecule has 7 nitrogen and oxygen atoms in total. The molecular weight excluding hydrogens is 404 g/mol. The standard InChI is InChI=1S/C22H26N2O5S/c1-2-15-29-22(26)17-9-11-19(12-10-17)23-21(25)18-7-6-8-20(16-18)30(27,28)24-13-4-3-5-14-24/h6-12,16H,2-5,13-15H2,1H3,(H,23,25). The van der Waals surface area contributed by atoms with E-state index in [1.807, 2.05) is 6.92 Å². The molecule has 0 bridgehead atoms. The molecule has 1 aliphatic rings. The third-order valence-corrected chi connectivity index (χ3v) is 6.76. The summed E-state index contributed by atoms with van der Waals surface area (Å²) in [6.07, 6.45) is 3.47. The zero-order valence-corrected chi connectivity index (χ0v) is 17.8. The molecule has 3 rings (SSSR count). The Morgan fingerprint density at radius 1 is 1.00 bits per heavy atom. The monoisotopic (exact) mass is 430 g/mol. The fraction of sp³-hybridized carbons (Fsp3) is 0.364. The normalized spacial score (nSPS) is 14.8. The number of piperidine rings is 1. The topological polar surface area (TPSA) is 92.8 Å². The minimum Gasteiger partial charge on any atom is -0.462 e. The molecule has 0 radical (unpaired) electrons. The molecule has 1 saturated heterocycles. The van der Waals surface area contributed by atoms with Crippen LogP contribution in [0, 0.1) is 0 Å². The van der Waals surface area contributed by atoms with Crippen LogP contribution in [0.1, 0.15) is 53.3 Å². The molecule has 0 aromatic heterocycles. The Kier molecular flexibility index (Phi) is 7.23. The van der Waals surface area contributed by atoms with Gasteiger partial charge in [0.15, 0.2) is 0 Å². The molecule has 0 spiro atoms. The van der Waals surface area contributed by atoms with E-state index >= 15 is 0 Å². The van der Waals surface area contributed by atoms with E-state index in [4.69, 9.17) is 4.74 Å². The van der Waals surface area contributed by atoms with Crippen molar-refractivity contribution in [2.75, 3.05) is 25.0 Å². The highest BCUT2D eigenvalue weighted by molar-refractivity contribution is 7.89. The third-order valence-electron chi connectivity index (χ3n) is 4.86. The molecule has 1 N–H and O–H groups in total. The molecule has 1 amide bonds. The molecule has 2 aromatic carbocycles. The maximum absolute atomic E-state index is 12.8. The Morgan fingerprint density at radius 2 is 1.70 bits per heavy atom. The number of sulfonamides is 1. The van der Waals surface area contributed by atoms with Gasteiger partial charge in [0.05, 0.1) is 17.1 Å². The number of amides is 1. The summed E-state index contributed by atoms with van der Waals surface area (Å²) in [6, 6.07) is 12.4. The zero-order valence-electron chi connectivity index (χ0n) is 17.0. The average Bonchev–Trinajstić information content (AvgIpc) is 2.78. The highest BCUT2D eigenvalue weighted by Gasteiger charge is 2.26. The fourth-order valence-corrected chi connectivity index (χ4v) is 4.79. The number of nitrogens with zero attached hydrogens (tertiary/aromatic N) is 1. The van der Waals surface area contributed by atoms with Gasteiger partial charge in [0.1, 0.15) is 0 Å². The Hall–Kier alpha value is -2.71. The number of rotatable bonds is 7. The molecule has 0 aliphatic carbocycles. The summed E-state index contributed by atoms with van der Waals surface area (Å²) in [7, 11) is -3.61. The second-order valence-corrected chi connectivity index (χ2v) is 9.10. The first-order valence-electron chi connectivity index (χ1n) is 10.1. The van der Waals surface area contributed by atoms with Crippen molar-refractivity contribution in [2.45, 2.75) is 37.5 Å². The highest BCUT2D eigenvalue weighted by Crippen LogP contribution is 2.22. The van der Waals surface area contributed by atoms with Crippen LogP contribution in [-0.4, -0.2) is 44.3 Å². The summed E-state index contributed by atoms with van der Waals surface area (Å²) in [5.41, 5.74) is 1.15. The highest BCUT2D eigenvalue weighted by atomic mass is 32.2. The number of hydrogen-bond acceptors (Lipinski definition) is 5. The Labute approximate surface area is 177 Å². The van der Waals surface area contributed by atoms with Gasteiger partial charge >= 0.3 is 5.97 Å². The van der Waals surface area contributed by atoms with Gasteiger partial charge in [0.25, 0.3) is 5.91 Å². The van der Waals surface area contributed by atoms with Crippen LogP contribution in [0.3, 0.4) is 0 Å². The van der Waals surface area contributed by atoms with Crippen molar-refractivity contribution in [3.8, 4) is 0 Å². The minimum atomic E-state index is -3.61. The summed E-state index contributed by atoms with van der Waals surface area (Å²) in [6.45, 7) is 3.28. The molecule has 160 valence electrons. The molecular formula is C22H26N2O5S. The molecule has 0 atom stereocenters. The number of esters is 1. The van der Waals surface area contributed by atoms with Crippen LogP contribution in [0.2, 0.25) is 0 Å². The van der Waals surface area contributed by atoms with Gasteiger partial charge in [0.2, 0.25) is 10.0 Å². The fourth-order valence-electron chi connectivity index (χ4n) is 3.22. The van der Waals surface area contributed by atoms with Crippen molar-refractivity contribution in [2.24, 2.45) is 0 Å². The van der Waals surface area contributed by atoms with E-state index in [9.17, 15) is 18.0 Å². The first-order valence-corrected chi connectivity index (χ1v) is 11.5. The number of benzene rings is 2. The van der Waals surface area contributed by atoms with E-state index in [2.05, 4.69) is 5.32 Å². The van der Waals surface area contributed by atoms with Crippen molar-refractivity contribution in [3.05, 3.63) is 59.7 Å². The van der Waals surface area contributed by atoms with E-state index in [1.54, 1.807) is 36.4 Å². The second kappa shape index (κ2) is 9.86. The Balaban J connectivity index is 1.70. The van der Waals surface area contributed by atoms with Crippen LogP contribution in [0.15, 0.2) is 53.4 Å². The summed E-state index contributed by atoms with van der Waals surface area (Å²) >= 11 is 0. The maximum atomic E-state index is 12.8. The molecule has 0 saturated carbocycles. The van der Waals surface area contributed by atoms with Gasteiger partial charge in [-0.3, -0.25) is 4.79 Å². The lowest BCUT2D eigenvalue weighted by Gasteiger charge is -2.26. The molecule has 30 heavy (non-hydrogen) atoms. The average molecular weight is 431 g/mol. The third kappa shape index (κ3) is 5.25. The quantitative estimate of drug-likeness (QED) is 0.677. The summed E-state index contributed by atoms with van der Waals surface area (Å²) in [4.78, 5) is 24.6. The van der Waals surface area contributed by atoms with Gasteiger partial charge in [-0.2, -0.15) is 4.31 Å². The summed E-state index contributed by atoms with van der Waals surface area (Å²) in [5.74, 6) is -0.836. The van der Waals surface area contributed by atoms with Crippen LogP contribution in [0.5, 0.6) is 0 Å². The van der Waals surface area contributed by atoms with E-state index in [1.165, 1.54) is 16.4 Å². The number of ether oxygens (including phenoxy) is 1. The lowest BCUT2D eigenvalue weighted by molar-refractivity contribution is 0.0505. The molecule has 1 fully saturated rings. The summed E-state index contributed by atoms with van der Waals surface area (Å²) in [5, 5.41) is 2.73. The van der Waals surface area contributed by atoms with Crippen LogP contribution in [-0.2, 0) is 14.8 Å². The predicted octanol–water partition coefficient (Wildman–Crippen LogP) is 3.68. The summed E-state index contributed by atoms with van der Waals surface area (Å²) < 4.78 is 32.2. The van der Waals surface area contributed by atoms with Crippen molar-refractivity contribution < 1.29 is 22.7 Å². The van der Waals surface area contributed by atoms with Gasteiger partial charge in [-0.15, -0.1) is 0 Å². The van der Waals surface area contributed by atoms with E-state index < -0.39 is 21.9 Å². The van der Waals surface area contributed by atoms with Crippen molar-refractivity contribution >= 4 is 27.6 Å². The number of hydrogen-bond donors (Lipinski definition) is 1. The predicted molar refractivity (Wildman–Crippen MR) is 114 cm³/mol. The van der Waals surface area contributed by atoms with Gasteiger partial charge < -0.3 is 10.1 Å². The molecule has 2 aromatic rings. The van der Waals surface area contributed by atoms with Crippen LogP contribution in [0.4, 0.5) is 5.69 Å². The van der Waals surface area contributed by atoms with Gasteiger partial charge in [-0.1, -0.05) is 19.4 Å². The number of carbonyl (C=O) groups excluding carboxylic acids is 2. The lowest BCUT2D eigenvalue weighted by Crippen LogP contribution is -2.35. The Bertz CT molecular complexity index is 996. The minimum absolute atomic E-state index is 0.117. The molecule has 0 unspecified atom stereocenters. The largest absolute Gasteiger partial charge is 0.462 e. The van der Waals surface area contributed by atoms with Gasteiger partial charge in [-0.05, 0) is 61.7 Å². The lowest BCUT2D eigenvalue weighted by atomic mass is 10.2. The van der Waals surface area contributed by atoms with Crippen molar-refractivity contribution in [3.63, 3.8) is 0 Å². The van der Waals surface area contributed by atoms with Gasteiger partial charge in [0, 0.05) is 24.3 Å². The van der Waals surface area contributed by atoms with Crippen molar-refractivity contribution in [1.82, 2.24) is 4.31 Å². The van der Waals surface area contributed by atoms with Crippen LogP contribution >= 0.6 is 0 Å². The number of anilines is 1. The Morgan fingerprint density at radius 3 is 2.37 bits per heavy atom. The van der Waals surface area contributed by atoms with Crippen LogP contribution < -0.4 is 5.32 Å². The molecule has 1 heterocycles.